The summed E-state index contributed by atoms with van der Waals surface area (Å²) in [6.45, 7) is 10.0. The summed E-state index contributed by atoms with van der Waals surface area (Å²) in [5.41, 5.74) is 0.674. The lowest BCUT2D eigenvalue weighted by Gasteiger charge is -2.26. The van der Waals surface area contributed by atoms with Gasteiger partial charge in [0.05, 0.1) is 25.1 Å². The van der Waals surface area contributed by atoms with E-state index in [1.54, 1.807) is 6.20 Å². The molecule has 1 aliphatic heterocycles. The van der Waals surface area contributed by atoms with Crippen LogP contribution in [0.4, 0.5) is 5.69 Å². The molecule has 21 heavy (non-hydrogen) atoms. The van der Waals surface area contributed by atoms with Crippen LogP contribution in [0.15, 0.2) is 15.5 Å². The van der Waals surface area contributed by atoms with Gasteiger partial charge in [-0.25, -0.2) is 4.68 Å². The maximum Gasteiger partial charge on any atom is 0.283 e. The van der Waals surface area contributed by atoms with Gasteiger partial charge in [-0.15, -0.1) is 0 Å². The summed E-state index contributed by atoms with van der Waals surface area (Å²) in [4.78, 5) is 14.5. The van der Waals surface area contributed by atoms with Crippen molar-refractivity contribution in [2.24, 2.45) is 5.92 Å². The van der Waals surface area contributed by atoms with Crippen molar-refractivity contribution in [2.75, 3.05) is 44.7 Å². The molecule has 1 saturated heterocycles. The summed E-state index contributed by atoms with van der Waals surface area (Å²) >= 11 is 3.38. The molecule has 7 heteroatoms. The zero-order valence-electron chi connectivity index (χ0n) is 12.6. The quantitative estimate of drug-likeness (QED) is 0.832. The molecule has 2 rings (SSSR count). The van der Waals surface area contributed by atoms with E-state index in [4.69, 9.17) is 4.74 Å². The molecule has 0 bridgehead atoms. The number of nitrogens with one attached hydrogen (secondary N) is 1. The molecule has 0 atom stereocenters. The highest BCUT2D eigenvalue weighted by atomic mass is 79.9. The minimum absolute atomic E-state index is 0.0833. The molecule has 0 saturated carbocycles. The number of aromatic nitrogens is 2. The number of ether oxygens (including phenoxy) is 1. The molecule has 0 aliphatic carbocycles. The zero-order valence-corrected chi connectivity index (χ0v) is 14.2. The van der Waals surface area contributed by atoms with Crippen molar-refractivity contribution in [3.05, 3.63) is 21.0 Å². The molecule has 1 aromatic rings. The highest BCUT2D eigenvalue weighted by Crippen LogP contribution is 2.16. The fourth-order valence-corrected chi connectivity index (χ4v) is 2.68. The average Bonchev–Trinajstić information content (AvgIpc) is 2.47. The van der Waals surface area contributed by atoms with Crippen LogP contribution in [-0.4, -0.2) is 54.1 Å². The number of rotatable bonds is 6. The summed E-state index contributed by atoms with van der Waals surface area (Å²) in [5, 5.41) is 7.50. The second-order valence-electron chi connectivity index (χ2n) is 5.63. The Hall–Kier alpha value is -0.920. The Labute approximate surface area is 133 Å². The first-order chi connectivity index (χ1) is 10.1. The smallest absolute Gasteiger partial charge is 0.283 e. The monoisotopic (exact) mass is 358 g/mol. The van der Waals surface area contributed by atoms with Crippen molar-refractivity contribution < 1.29 is 4.74 Å². The van der Waals surface area contributed by atoms with Crippen molar-refractivity contribution in [3.63, 3.8) is 0 Å². The average molecular weight is 359 g/mol. The van der Waals surface area contributed by atoms with Gasteiger partial charge < -0.3 is 10.1 Å². The molecule has 1 N–H and O–H groups in total. The van der Waals surface area contributed by atoms with E-state index in [0.29, 0.717) is 16.9 Å². The fourth-order valence-electron chi connectivity index (χ4n) is 2.24. The lowest BCUT2D eigenvalue weighted by atomic mass is 10.2. The first kappa shape index (κ1) is 16.5. The molecule has 6 nitrogen and oxygen atoms in total. The van der Waals surface area contributed by atoms with Gasteiger partial charge in [-0.1, -0.05) is 13.8 Å². The van der Waals surface area contributed by atoms with Crippen molar-refractivity contribution in [2.45, 2.75) is 20.4 Å². The first-order valence-electron chi connectivity index (χ1n) is 7.37. The summed E-state index contributed by atoms with van der Waals surface area (Å²) in [5.74, 6) is 0.391. The number of hydrogen-bond acceptors (Lipinski definition) is 5. The third-order valence-corrected chi connectivity index (χ3v) is 4.14. The molecule has 1 aliphatic rings. The van der Waals surface area contributed by atoms with E-state index in [1.165, 1.54) is 4.68 Å². The third kappa shape index (κ3) is 4.79. The Morgan fingerprint density at radius 1 is 1.43 bits per heavy atom. The predicted octanol–water partition coefficient (Wildman–Crippen LogP) is 1.41. The van der Waals surface area contributed by atoms with Gasteiger partial charge in [-0.05, 0) is 21.8 Å². The van der Waals surface area contributed by atoms with Gasteiger partial charge in [-0.3, -0.25) is 9.69 Å². The van der Waals surface area contributed by atoms with E-state index in [9.17, 15) is 4.79 Å². The zero-order chi connectivity index (χ0) is 15.2. The molecule has 1 aromatic heterocycles. The molecule has 0 radical (unpaired) electrons. The maximum atomic E-state index is 12.2. The van der Waals surface area contributed by atoms with Crippen molar-refractivity contribution in [1.82, 2.24) is 14.7 Å². The molecule has 0 amide bonds. The molecular weight excluding hydrogens is 336 g/mol. The first-order valence-corrected chi connectivity index (χ1v) is 8.17. The van der Waals surface area contributed by atoms with Gasteiger partial charge >= 0.3 is 0 Å². The van der Waals surface area contributed by atoms with Gasteiger partial charge in [0, 0.05) is 32.7 Å². The normalized spacial score (nSPS) is 16.4. The number of nitrogens with zero attached hydrogens (tertiary/aromatic N) is 3. The van der Waals surface area contributed by atoms with Crippen LogP contribution >= 0.6 is 15.9 Å². The number of anilines is 1. The van der Waals surface area contributed by atoms with Crippen LogP contribution < -0.4 is 10.9 Å². The van der Waals surface area contributed by atoms with Crippen molar-refractivity contribution in [3.8, 4) is 0 Å². The van der Waals surface area contributed by atoms with E-state index in [-0.39, 0.29) is 5.56 Å². The van der Waals surface area contributed by atoms with E-state index < -0.39 is 0 Å². The van der Waals surface area contributed by atoms with Crippen molar-refractivity contribution in [1.29, 1.82) is 0 Å². The number of hydrogen-bond donors (Lipinski definition) is 1. The van der Waals surface area contributed by atoms with Gasteiger partial charge in [-0.2, -0.15) is 5.10 Å². The minimum Gasteiger partial charge on any atom is -0.381 e. The molecule has 1 fully saturated rings. The summed E-state index contributed by atoms with van der Waals surface area (Å²) < 4.78 is 7.38. The van der Waals surface area contributed by atoms with E-state index in [2.05, 4.69) is 45.1 Å². The van der Waals surface area contributed by atoms with Gasteiger partial charge in [0.15, 0.2) is 0 Å². The van der Waals surface area contributed by atoms with Crippen LogP contribution in [0.25, 0.3) is 0 Å². The van der Waals surface area contributed by atoms with Crippen molar-refractivity contribution >= 4 is 21.6 Å². The molecule has 0 spiro atoms. The molecule has 0 unspecified atom stereocenters. The minimum atomic E-state index is -0.0833. The second kappa shape index (κ2) is 7.91. The van der Waals surface area contributed by atoms with Gasteiger partial charge in [0.25, 0.3) is 5.56 Å². The van der Waals surface area contributed by atoms with Crippen LogP contribution in [0.1, 0.15) is 13.8 Å². The van der Waals surface area contributed by atoms with E-state index >= 15 is 0 Å². The van der Waals surface area contributed by atoms with E-state index in [0.717, 1.165) is 45.1 Å². The van der Waals surface area contributed by atoms with Crippen LogP contribution in [0.3, 0.4) is 0 Å². The number of morpholine rings is 1. The molecule has 118 valence electrons. The van der Waals surface area contributed by atoms with Crippen LogP contribution in [-0.2, 0) is 11.3 Å². The highest BCUT2D eigenvalue weighted by molar-refractivity contribution is 9.10. The van der Waals surface area contributed by atoms with Crippen LogP contribution in [0, 0.1) is 5.92 Å². The topological polar surface area (TPSA) is 59.4 Å². The molecule has 0 aromatic carbocycles. The summed E-state index contributed by atoms with van der Waals surface area (Å²) in [6, 6.07) is 0. The Bertz CT molecular complexity index is 512. The second-order valence-corrected chi connectivity index (χ2v) is 6.43. The highest BCUT2D eigenvalue weighted by Gasteiger charge is 2.12. The lowest BCUT2D eigenvalue weighted by molar-refractivity contribution is 0.0398. The third-order valence-electron chi connectivity index (χ3n) is 3.37. The summed E-state index contributed by atoms with van der Waals surface area (Å²) in [6.07, 6.45) is 1.72. The Kier molecular flexibility index (Phi) is 6.20. The van der Waals surface area contributed by atoms with Gasteiger partial charge in [0.1, 0.15) is 4.47 Å². The Balaban J connectivity index is 1.91. The SMILES string of the molecule is CC(C)Cn1ncc(NCCN2CCOCC2)c(Br)c1=O. The number of halogens is 1. The lowest BCUT2D eigenvalue weighted by Crippen LogP contribution is -2.39. The Morgan fingerprint density at radius 2 is 2.14 bits per heavy atom. The maximum absolute atomic E-state index is 12.2. The standard InChI is InChI=1S/C14H23BrN4O2/c1-11(2)10-19-14(20)13(15)12(9-17-19)16-3-4-18-5-7-21-8-6-18/h9,11,16H,3-8,10H2,1-2H3. The molecule has 2 heterocycles. The Morgan fingerprint density at radius 3 is 2.81 bits per heavy atom. The predicted molar refractivity (Wildman–Crippen MR) is 86.8 cm³/mol. The van der Waals surface area contributed by atoms with E-state index in [1.807, 2.05) is 0 Å². The van der Waals surface area contributed by atoms with Crippen LogP contribution in [0.2, 0.25) is 0 Å². The fraction of sp³-hybridized carbons (Fsp3) is 0.714. The summed E-state index contributed by atoms with van der Waals surface area (Å²) in [7, 11) is 0. The largest absolute Gasteiger partial charge is 0.381 e. The van der Waals surface area contributed by atoms with Crippen LogP contribution in [0.5, 0.6) is 0 Å². The molecular formula is C14H23BrN4O2. The van der Waals surface area contributed by atoms with Gasteiger partial charge in [0.2, 0.25) is 0 Å².